The van der Waals surface area contributed by atoms with Crippen molar-refractivity contribution in [1.29, 1.82) is 0 Å². The number of fused-ring (bicyclic) bond motifs is 7. The topological polar surface area (TPSA) is 26.0 Å². The van der Waals surface area contributed by atoms with E-state index in [1.807, 2.05) is 6.20 Å². The summed E-state index contributed by atoms with van der Waals surface area (Å²) in [5.41, 5.74) is 12.1. The summed E-state index contributed by atoms with van der Waals surface area (Å²) >= 11 is 0. The Morgan fingerprint density at radius 3 is 1.95 bits per heavy atom. The van der Waals surface area contributed by atoms with Crippen molar-refractivity contribution < 1.29 is 4.42 Å². The Kier molecular flexibility index (Phi) is 5.44. The average Bonchev–Trinajstić information content (AvgIpc) is 3.32. The fourth-order valence-corrected chi connectivity index (χ4v) is 7.12. The summed E-state index contributed by atoms with van der Waals surface area (Å²) in [5, 5.41) is 2.34. The first-order chi connectivity index (χ1) is 17.9. The quantitative estimate of drug-likeness (QED) is 0.246. The van der Waals surface area contributed by atoms with Crippen LogP contribution in [0, 0.1) is 24.7 Å². The van der Waals surface area contributed by atoms with Gasteiger partial charge in [0, 0.05) is 33.5 Å². The molecule has 0 radical (unpaired) electrons. The molecule has 0 spiro atoms. The number of pyridine rings is 1. The predicted octanol–water partition coefficient (Wildman–Crippen LogP) is 10.4. The number of aryl methyl sites for hydroxylation is 2. The van der Waals surface area contributed by atoms with Crippen molar-refractivity contribution in [2.24, 2.45) is 10.8 Å². The number of benzene rings is 3. The Morgan fingerprint density at radius 2 is 1.32 bits per heavy atom. The van der Waals surface area contributed by atoms with Crippen molar-refractivity contribution in [2.75, 3.05) is 0 Å². The van der Waals surface area contributed by atoms with Gasteiger partial charge in [-0.3, -0.25) is 4.98 Å². The lowest BCUT2D eigenvalue weighted by Gasteiger charge is -2.42. The number of hydrogen-bond acceptors (Lipinski definition) is 2. The zero-order valence-corrected chi connectivity index (χ0v) is 24.1. The molecule has 2 nitrogen and oxygen atoms in total. The second kappa shape index (κ2) is 8.30. The van der Waals surface area contributed by atoms with Gasteiger partial charge in [0.1, 0.15) is 11.2 Å². The molecule has 6 rings (SSSR count). The van der Waals surface area contributed by atoms with E-state index in [1.165, 1.54) is 33.2 Å². The molecular formula is C36H39NO. The summed E-state index contributed by atoms with van der Waals surface area (Å²) in [5.74, 6) is 0. The van der Waals surface area contributed by atoms with Crippen LogP contribution in [-0.4, -0.2) is 4.98 Å². The average molecular weight is 502 g/mol. The maximum Gasteiger partial charge on any atom is 0.145 e. The number of hydrogen-bond donors (Lipinski definition) is 0. The van der Waals surface area contributed by atoms with Crippen LogP contribution >= 0.6 is 0 Å². The van der Waals surface area contributed by atoms with Crippen molar-refractivity contribution in [3.63, 3.8) is 0 Å². The van der Waals surface area contributed by atoms with E-state index in [-0.39, 0.29) is 16.2 Å². The second-order valence-corrected chi connectivity index (χ2v) is 13.9. The second-order valence-electron chi connectivity index (χ2n) is 13.9. The zero-order chi connectivity index (χ0) is 27.0. The van der Waals surface area contributed by atoms with Gasteiger partial charge in [0.05, 0.1) is 5.69 Å². The fraction of sp³-hybridized carbons (Fsp3) is 0.361. The monoisotopic (exact) mass is 501 g/mol. The molecule has 0 amide bonds. The van der Waals surface area contributed by atoms with Crippen LogP contribution in [0.1, 0.15) is 76.6 Å². The van der Waals surface area contributed by atoms with E-state index in [0.29, 0.717) is 0 Å². The molecule has 5 aromatic rings. The Hall–Kier alpha value is -3.39. The fourth-order valence-electron chi connectivity index (χ4n) is 7.12. The summed E-state index contributed by atoms with van der Waals surface area (Å²) in [6.07, 6.45) is 4.12. The third-order valence-corrected chi connectivity index (χ3v) is 8.08. The number of aromatic nitrogens is 1. The van der Waals surface area contributed by atoms with Crippen molar-refractivity contribution in [2.45, 2.75) is 73.6 Å². The van der Waals surface area contributed by atoms with E-state index in [9.17, 15) is 0 Å². The molecule has 0 saturated carbocycles. The van der Waals surface area contributed by atoms with E-state index < -0.39 is 0 Å². The number of furan rings is 1. The summed E-state index contributed by atoms with van der Waals surface area (Å²) in [6, 6.07) is 22.5. The van der Waals surface area contributed by atoms with Crippen LogP contribution in [0.3, 0.4) is 0 Å². The Labute approximate surface area is 227 Å². The lowest BCUT2D eigenvalue weighted by atomic mass is 9.62. The zero-order valence-electron chi connectivity index (χ0n) is 24.1. The summed E-state index contributed by atoms with van der Waals surface area (Å²) in [4.78, 5) is 4.78. The highest BCUT2D eigenvalue weighted by molar-refractivity contribution is 6.14. The van der Waals surface area contributed by atoms with Crippen LogP contribution in [0.2, 0.25) is 0 Å². The molecule has 0 bridgehead atoms. The summed E-state index contributed by atoms with van der Waals surface area (Å²) < 4.78 is 6.96. The molecule has 38 heavy (non-hydrogen) atoms. The van der Waals surface area contributed by atoms with Crippen molar-refractivity contribution >= 4 is 21.9 Å². The molecule has 3 aromatic carbocycles. The minimum atomic E-state index is -0.0626. The van der Waals surface area contributed by atoms with Crippen LogP contribution in [0.15, 0.2) is 71.3 Å². The minimum Gasteiger partial charge on any atom is -0.455 e. The summed E-state index contributed by atoms with van der Waals surface area (Å²) in [6.45, 7) is 18.5. The lowest BCUT2D eigenvalue weighted by molar-refractivity contribution is 0.214. The smallest absolute Gasteiger partial charge is 0.145 e. The maximum absolute atomic E-state index is 6.96. The Morgan fingerprint density at radius 1 is 0.684 bits per heavy atom. The molecular weight excluding hydrogens is 462 g/mol. The van der Waals surface area contributed by atoms with Gasteiger partial charge in [0.2, 0.25) is 0 Å². The number of nitrogens with zero attached hydrogens (tertiary/aromatic N) is 1. The normalized spacial score (nSPS) is 14.7. The van der Waals surface area contributed by atoms with Crippen LogP contribution in [0.5, 0.6) is 0 Å². The van der Waals surface area contributed by atoms with E-state index in [0.717, 1.165) is 46.2 Å². The van der Waals surface area contributed by atoms with Gasteiger partial charge in [-0.1, -0.05) is 96.1 Å². The maximum atomic E-state index is 6.96. The first kappa shape index (κ1) is 24.9. The molecule has 0 saturated heterocycles. The third kappa shape index (κ3) is 3.88. The molecule has 2 heteroatoms. The van der Waals surface area contributed by atoms with Gasteiger partial charge < -0.3 is 4.42 Å². The molecule has 0 fully saturated rings. The molecule has 0 N–H and O–H groups in total. The lowest BCUT2D eigenvalue weighted by Crippen LogP contribution is -2.35. The van der Waals surface area contributed by atoms with E-state index in [2.05, 4.69) is 116 Å². The molecule has 1 aliphatic carbocycles. The minimum absolute atomic E-state index is 0.0626. The molecule has 0 atom stereocenters. The van der Waals surface area contributed by atoms with Crippen molar-refractivity contribution in [3.8, 4) is 22.4 Å². The van der Waals surface area contributed by atoms with Gasteiger partial charge in [-0.25, -0.2) is 0 Å². The molecule has 1 aliphatic rings. The third-order valence-electron chi connectivity index (χ3n) is 8.08. The van der Waals surface area contributed by atoms with Gasteiger partial charge in [0.15, 0.2) is 0 Å². The van der Waals surface area contributed by atoms with Gasteiger partial charge in [-0.15, -0.1) is 0 Å². The van der Waals surface area contributed by atoms with Crippen molar-refractivity contribution in [1.82, 2.24) is 4.98 Å². The van der Waals surface area contributed by atoms with E-state index in [4.69, 9.17) is 9.40 Å². The largest absolute Gasteiger partial charge is 0.455 e. The van der Waals surface area contributed by atoms with Gasteiger partial charge in [-0.05, 0) is 71.4 Å². The number of rotatable bonds is 3. The Balaban J connectivity index is 1.71. The van der Waals surface area contributed by atoms with E-state index in [1.54, 1.807) is 0 Å². The first-order valence-electron chi connectivity index (χ1n) is 13.9. The van der Waals surface area contributed by atoms with Crippen LogP contribution in [-0.2, 0) is 5.41 Å². The molecule has 2 heterocycles. The first-order valence-corrected chi connectivity index (χ1v) is 13.9. The van der Waals surface area contributed by atoms with Crippen molar-refractivity contribution in [3.05, 3.63) is 89.1 Å². The predicted molar refractivity (Wildman–Crippen MR) is 161 cm³/mol. The van der Waals surface area contributed by atoms with Gasteiger partial charge >= 0.3 is 0 Å². The van der Waals surface area contributed by atoms with Crippen LogP contribution in [0.4, 0.5) is 0 Å². The SMILES string of the molecule is Cc1ccc(-c2c(C)ccc3c2oc2c4c(ccc23)C(CC(C)(C)C)(CC(C)(C)C)c2ccccc2-4)nc1. The highest BCUT2D eigenvalue weighted by Crippen LogP contribution is 2.60. The van der Waals surface area contributed by atoms with E-state index >= 15 is 0 Å². The van der Waals surface area contributed by atoms with Gasteiger partial charge in [0.25, 0.3) is 0 Å². The highest BCUT2D eigenvalue weighted by Gasteiger charge is 2.48. The van der Waals surface area contributed by atoms with Crippen LogP contribution in [0.25, 0.3) is 44.3 Å². The Bertz CT molecular complexity index is 1670. The highest BCUT2D eigenvalue weighted by atomic mass is 16.3. The molecule has 194 valence electrons. The van der Waals surface area contributed by atoms with Crippen LogP contribution < -0.4 is 0 Å². The molecule has 2 aromatic heterocycles. The molecule has 0 aliphatic heterocycles. The van der Waals surface area contributed by atoms with Gasteiger partial charge in [-0.2, -0.15) is 0 Å². The summed E-state index contributed by atoms with van der Waals surface area (Å²) in [7, 11) is 0. The standard InChI is InChI=1S/C36H39NO/c1-22-13-18-29(37-19-22)30-23(2)14-15-24-25-16-17-28-31(33(25)38-32(24)30)26-11-9-10-12-27(26)36(28,20-34(3,4)5)21-35(6,7)8/h9-19H,20-21H2,1-8H3. The molecule has 0 unspecified atom stereocenters.